The van der Waals surface area contributed by atoms with Crippen LogP contribution in [0.15, 0.2) is 21.7 Å². The summed E-state index contributed by atoms with van der Waals surface area (Å²) in [4.78, 5) is 12.1. The standard InChI is InChI=1S/C15H20BrIN4O2/c1-15(2,3)12-6-11(19-20-12)14(23)21-18-7-8-4-9(16)5-10(17)13(8)22/h4-5,7,11-12,19-20,22H,6H2,1-3H3,(H,21,23)/b18-7+. The molecule has 0 aromatic heterocycles. The molecule has 1 amide bonds. The molecule has 8 heteroatoms. The third kappa shape index (κ3) is 4.88. The Hall–Kier alpha value is -0.710. The summed E-state index contributed by atoms with van der Waals surface area (Å²) in [6.07, 6.45) is 2.13. The maximum absolute atomic E-state index is 12.1. The van der Waals surface area contributed by atoms with Crippen molar-refractivity contribution in [3.05, 3.63) is 25.7 Å². The van der Waals surface area contributed by atoms with Crippen molar-refractivity contribution < 1.29 is 9.90 Å². The molecule has 1 aromatic rings. The van der Waals surface area contributed by atoms with Gasteiger partial charge in [-0.2, -0.15) is 5.10 Å². The summed E-state index contributed by atoms with van der Waals surface area (Å²) in [6, 6.07) is 3.43. The molecule has 0 saturated carbocycles. The summed E-state index contributed by atoms with van der Waals surface area (Å²) in [5, 5.41) is 13.9. The first-order valence-corrected chi connectivity index (χ1v) is 9.07. The molecule has 1 aromatic carbocycles. The minimum absolute atomic E-state index is 0.0735. The van der Waals surface area contributed by atoms with Gasteiger partial charge in [-0.15, -0.1) is 0 Å². The van der Waals surface area contributed by atoms with E-state index in [9.17, 15) is 9.90 Å². The number of amides is 1. The van der Waals surface area contributed by atoms with Crippen molar-refractivity contribution in [2.45, 2.75) is 39.3 Å². The molecule has 1 saturated heterocycles. The van der Waals surface area contributed by atoms with Gasteiger partial charge in [0.15, 0.2) is 0 Å². The highest BCUT2D eigenvalue weighted by atomic mass is 127. The number of carbonyl (C=O) groups is 1. The Morgan fingerprint density at radius 2 is 2.17 bits per heavy atom. The van der Waals surface area contributed by atoms with E-state index in [1.807, 2.05) is 22.6 Å². The summed E-state index contributed by atoms with van der Waals surface area (Å²) in [6.45, 7) is 6.38. The second-order valence-electron chi connectivity index (χ2n) is 6.56. The topological polar surface area (TPSA) is 85.8 Å². The molecule has 1 aliphatic rings. The fourth-order valence-corrected chi connectivity index (χ4v) is 3.78. The number of hydrogen-bond acceptors (Lipinski definition) is 5. The van der Waals surface area contributed by atoms with Crippen LogP contribution in [-0.4, -0.2) is 29.3 Å². The number of phenols is 1. The van der Waals surface area contributed by atoms with E-state index < -0.39 is 0 Å². The number of nitrogens with one attached hydrogen (secondary N) is 3. The van der Waals surface area contributed by atoms with E-state index in [2.05, 4.69) is 58.1 Å². The molecule has 1 aliphatic heterocycles. The summed E-state index contributed by atoms with van der Waals surface area (Å²) in [7, 11) is 0. The number of halogens is 2. The number of rotatable bonds is 3. The first-order chi connectivity index (χ1) is 10.7. The third-order valence-electron chi connectivity index (χ3n) is 3.70. The van der Waals surface area contributed by atoms with Crippen molar-refractivity contribution in [3.63, 3.8) is 0 Å². The van der Waals surface area contributed by atoms with Crippen molar-refractivity contribution in [2.75, 3.05) is 0 Å². The number of phenolic OH excluding ortho intramolecular Hbond substituents is 1. The van der Waals surface area contributed by atoms with Gasteiger partial charge in [0.05, 0.1) is 9.78 Å². The zero-order valence-corrected chi connectivity index (χ0v) is 16.9. The lowest BCUT2D eigenvalue weighted by molar-refractivity contribution is -0.122. The molecule has 1 fully saturated rings. The predicted molar refractivity (Wildman–Crippen MR) is 102 cm³/mol. The van der Waals surface area contributed by atoms with E-state index in [1.165, 1.54) is 6.21 Å². The van der Waals surface area contributed by atoms with Crippen LogP contribution in [0.2, 0.25) is 0 Å². The highest BCUT2D eigenvalue weighted by Crippen LogP contribution is 2.27. The van der Waals surface area contributed by atoms with Crippen molar-refractivity contribution >= 4 is 50.6 Å². The molecule has 0 aliphatic carbocycles. The minimum atomic E-state index is -0.326. The largest absolute Gasteiger partial charge is 0.506 e. The third-order valence-corrected chi connectivity index (χ3v) is 4.98. The fourth-order valence-electron chi connectivity index (χ4n) is 2.23. The molecule has 0 radical (unpaired) electrons. The normalized spacial score (nSPS) is 21.8. The van der Waals surface area contributed by atoms with Crippen LogP contribution in [0.4, 0.5) is 0 Å². The van der Waals surface area contributed by atoms with E-state index in [0.29, 0.717) is 15.6 Å². The molecule has 6 nitrogen and oxygen atoms in total. The Morgan fingerprint density at radius 1 is 1.48 bits per heavy atom. The average molecular weight is 495 g/mol. The second-order valence-corrected chi connectivity index (χ2v) is 8.63. The van der Waals surface area contributed by atoms with Crippen molar-refractivity contribution in [2.24, 2.45) is 10.5 Å². The molecule has 23 heavy (non-hydrogen) atoms. The van der Waals surface area contributed by atoms with E-state index >= 15 is 0 Å². The molecular weight excluding hydrogens is 475 g/mol. The number of hydrazine groups is 1. The predicted octanol–water partition coefficient (Wildman–Crippen LogP) is 2.49. The van der Waals surface area contributed by atoms with Crippen molar-refractivity contribution in [3.8, 4) is 5.75 Å². The molecule has 4 N–H and O–H groups in total. The number of nitrogens with zero attached hydrogens (tertiary/aromatic N) is 1. The van der Waals surface area contributed by atoms with Gasteiger partial charge in [-0.05, 0) is 46.6 Å². The molecule has 126 valence electrons. The Balaban J connectivity index is 1.95. The van der Waals surface area contributed by atoms with Crippen LogP contribution < -0.4 is 16.3 Å². The molecule has 1 heterocycles. The Morgan fingerprint density at radius 3 is 2.78 bits per heavy atom. The smallest absolute Gasteiger partial charge is 0.258 e. The van der Waals surface area contributed by atoms with Gasteiger partial charge >= 0.3 is 0 Å². The zero-order chi connectivity index (χ0) is 17.2. The maximum Gasteiger partial charge on any atom is 0.258 e. The lowest BCUT2D eigenvalue weighted by Gasteiger charge is -2.25. The Kier molecular flexibility index (Phi) is 6.04. The highest BCUT2D eigenvalue weighted by molar-refractivity contribution is 14.1. The summed E-state index contributed by atoms with van der Waals surface area (Å²) >= 11 is 5.40. The summed E-state index contributed by atoms with van der Waals surface area (Å²) in [5.41, 5.74) is 9.27. The molecule has 0 spiro atoms. The van der Waals surface area contributed by atoms with Gasteiger partial charge in [0, 0.05) is 16.1 Å². The zero-order valence-electron chi connectivity index (χ0n) is 13.2. The van der Waals surface area contributed by atoms with E-state index in [4.69, 9.17) is 0 Å². The van der Waals surface area contributed by atoms with Crippen LogP contribution in [0.25, 0.3) is 0 Å². The molecule has 2 unspecified atom stereocenters. The average Bonchev–Trinajstić information content (AvgIpc) is 2.93. The van der Waals surface area contributed by atoms with Gasteiger partial charge in [0.1, 0.15) is 11.8 Å². The van der Waals surface area contributed by atoms with Crippen LogP contribution in [0.3, 0.4) is 0 Å². The lowest BCUT2D eigenvalue weighted by Crippen LogP contribution is -2.43. The van der Waals surface area contributed by atoms with E-state index in [0.717, 1.165) is 4.47 Å². The number of hydrogen-bond donors (Lipinski definition) is 4. The van der Waals surface area contributed by atoms with Crippen LogP contribution in [0.5, 0.6) is 5.75 Å². The lowest BCUT2D eigenvalue weighted by atomic mass is 9.84. The molecule has 0 bridgehead atoms. The SMILES string of the molecule is CC(C)(C)C1CC(C(=O)N/N=C/c2cc(Br)cc(I)c2O)NN1. The molecule has 2 rings (SSSR count). The summed E-state index contributed by atoms with van der Waals surface area (Å²) in [5.74, 6) is -0.0649. The van der Waals surface area contributed by atoms with Crippen molar-refractivity contribution in [1.82, 2.24) is 16.3 Å². The fraction of sp³-hybridized carbons (Fsp3) is 0.467. The van der Waals surface area contributed by atoms with Gasteiger partial charge in [-0.1, -0.05) is 36.7 Å². The van der Waals surface area contributed by atoms with Gasteiger partial charge < -0.3 is 5.11 Å². The van der Waals surface area contributed by atoms with Crippen LogP contribution >= 0.6 is 38.5 Å². The molecular formula is C15H20BrIN4O2. The maximum atomic E-state index is 12.1. The van der Waals surface area contributed by atoms with E-state index in [-0.39, 0.29) is 29.2 Å². The molecule has 2 atom stereocenters. The van der Waals surface area contributed by atoms with Gasteiger partial charge in [0.2, 0.25) is 0 Å². The van der Waals surface area contributed by atoms with Gasteiger partial charge in [-0.3, -0.25) is 10.2 Å². The highest BCUT2D eigenvalue weighted by Gasteiger charge is 2.35. The Bertz CT molecular complexity index is 631. The van der Waals surface area contributed by atoms with Crippen LogP contribution in [0, 0.1) is 8.99 Å². The number of benzene rings is 1. The monoisotopic (exact) mass is 494 g/mol. The first kappa shape index (κ1) is 18.6. The van der Waals surface area contributed by atoms with Crippen LogP contribution in [-0.2, 0) is 4.79 Å². The van der Waals surface area contributed by atoms with Crippen LogP contribution in [0.1, 0.15) is 32.8 Å². The van der Waals surface area contributed by atoms with Gasteiger partial charge in [0.25, 0.3) is 5.91 Å². The number of carbonyl (C=O) groups excluding carboxylic acids is 1. The first-order valence-electron chi connectivity index (χ1n) is 7.20. The second kappa shape index (κ2) is 7.45. The summed E-state index contributed by atoms with van der Waals surface area (Å²) < 4.78 is 1.54. The van der Waals surface area contributed by atoms with E-state index in [1.54, 1.807) is 12.1 Å². The quantitative estimate of drug-likeness (QED) is 0.295. The number of aromatic hydroxyl groups is 1. The number of hydrazone groups is 1. The van der Waals surface area contributed by atoms with Crippen molar-refractivity contribution in [1.29, 1.82) is 0 Å². The van der Waals surface area contributed by atoms with Gasteiger partial charge in [-0.25, -0.2) is 10.9 Å². The minimum Gasteiger partial charge on any atom is -0.506 e. The Labute approximate surface area is 157 Å².